The van der Waals surface area contributed by atoms with Crippen LogP contribution in [0.25, 0.3) is 0 Å². The van der Waals surface area contributed by atoms with E-state index in [4.69, 9.17) is 9.47 Å². The van der Waals surface area contributed by atoms with Crippen LogP contribution < -0.4 is 20.1 Å². The van der Waals surface area contributed by atoms with Crippen molar-refractivity contribution < 1.29 is 14.3 Å². The zero-order chi connectivity index (χ0) is 18.2. The largest absolute Gasteiger partial charge is 0.493 e. The van der Waals surface area contributed by atoms with Gasteiger partial charge in [0.05, 0.1) is 14.2 Å². The van der Waals surface area contributed by atoms with E-state index >= 15 is 0 Å². The van der Waals surface area contributed by atoms with Gasteiger partial charge in [0.1, 0.15) is 5.69 Å². The molecule has 0 spiro atoms. The molecule has 0 radical (unpaired) electrons. The van der Waals surface area contributed by atoms with E-state index in [0.717, 1.165) is 30.0 Å². The van der Waals surface area contributed by atoms with Crippen molar-refractivity contribution in [2.75, 3.05) is 26.1 Å². The van der Waals surface area contributed by atoms with Crippen LogP contribution in [-0.4, -0.2) is 37.7 Å². The molecule has 0 aliphatic heterocycles. The third kappa shape index (κ3) is 5.38. The van der Waals surface area contributed by atoms with Gasteiger partial charge in [-0.25, -0.2) is 0 Å². The lowest BCUT2D eigenvalue weighted by molar-refractivity contribution is 0.0938. The summed E-state index contributed by atoms with van der Waals surface area (Å²) in [7, 11) is 3.25. The highest BCUT2D eigenvalue weighted by atomic mass is 16.5. The molecule has 2 N–H and O–H groups in total. The Hall–Kier alpha value is -2.76. The molecule has 1 aromatic carbocycles. The Bertz CT molecular complexity index is 717. The average Bonchev–Trinajstić information content (AvgIpc) is 2.61. The van der Waals surface area contributed by atoms with Crippen LogP contribution in [0.15, 0.2) is 36.5 Å². The Kier molecular flexibility index (Phi) is 6.62. The topological polar surface area (TPSA) is 72.5 Å². The molecule has 2 aromatic rings. The normalized spacial score (nSPS) is 10.4. The molecular weight excluding hydrogens is 318 g/mol. The van der Waals surface area contributed by atoms with Gasteiger partial charge in [-0.15, -0.1) is 0 Å². The number of aromatic nitrogens is 1. The highest BCUT2D eigenvalue weighted by Gasteiger charge is 2.09. The number of pyridine rings is 1. The molecule has 0 fully saturated rings. The first-order chi connectivity index (χ1) is 12.0. The number of carbonyl (C=O) groups excluding carboxylic acids is 1. The van der Waals surface area contributed by atoms with Crippen LogP contribution in [0.3, 0.4) is 0 Å². The second-order valence-corrected chi connectivity index (χ2v) is 5.92. The van der Waals surface area contributed by atoms with Gasteiger partial charge in [-0.3, -0.25) is 9.78 Å². The number of nitrogens with zero attached hydrogens (tertiary/aromatic N) is 1. The van der Waals surface area contributed by atoms with Crippen molar-refractivity contribution in [3.8, 4) is 11.5 Å². The van der Waals surface area contributed by atoms with Crippen molar-refractivity contribution in [2.45, 2.75) is 26.3 Å². The molecule has 6 nitrogen and oxygen atoms in total. The molecule has 0 unspecified atom stereocenters. The fourth-order valence-corrected chi connectivity index (χ4v) is 2.39. The van der Waals surface area contributed by atoms with E-state index in [9.17, 15) is 4.79 Å². The molecular formula is C19H25N3O3. The van der Waals surface area contributed by atoms with E-state index < -0.39 is 0 Å². The molecule has 0 bridgehead atoms. The van der Waals surface area contributed by atoms with Gasteiger partial charge in [0, 0.05) is 24.5 Å². The SMILES string of the molecule is COc1ccc(CCNc2ccnc(C(=O)NC(C)C)c2)cc1OC. The molecule has 0 aliphatic carbocycles. The van der Waals surface area contributed by atoms with Crippen LogP contribution in [0.5, 0.6) is 11.5 Å². The first-order valence-corrected chi connectivity index (χ1v) is 8.25. The number of hydrogen-bond donors (Lipinski definition) is 2. The zero-order valence-electron chi connectivity index (χ0n) is 15.1. The smallest absolute Gasteiger partial charge is 0.270 e. The van der Waals surface area contributed by atoms with Crippen molar-refractivity contribution in [2.24, 2.45) is 0 Å². The Morgan fingerprint density at radius 3 is 2.56 bits per heavy atom. The molecule has 0 saturated carbocycles. The molecule has 134 valence electrons. The minimum absolute atomic E-state index is 0.0796. The van der Waals surface area contributed by atoms with Gasteiger partial charge >= 0.3 is 0 Å². The van der Waals surface area contributed by atoms with Gasteiger partial charge in [-0.05, 0) is 50.1 Å². The number of benzene rings is 1. The van der Waals surface area contributed by atoms with Crippen LogP contribution in [0.1, 0.15) is 29.9 Å². The highest BCUT2D eigenvalue weighted by molar-refractivity contribution is 5.93. The summed E-state index contributed by atoms with van der Waals surface area (Å²) < 4.78 is 10.6. The molecule has 0 saturated heterocycles. The van der Waals surface area contributed by atoms with Crippen LogP contribution in [-0.2, 0) is 6.42 Å². The predicted octanol–water partition coefficient (Wildman–Crippen LogP) is 2.89. The van der Waals surface area contributed by atoms with Crippen molar-refractivity contribution >= 4 is 11.6 Å². The number of methoxy groups -OCH3 is 2. The first-order valence-electron chi connectivity index (χ1n) is 8.25. The van der Waals surface area contributed by atoms with Crippen molar-refractivity contribution in [3.63, 3.8) is 0 Å². The van der Waals surface area contributed by atoms with Crippen molar-refractivity contribution in [3.05, 3.63) is 47.8 Å². The van der Waals surface area contributed by atoms with E-state index in [1.54, 1.807) is 26.5 Å². The van der Waals surface area contributed by atoms with Gasteiger partial charge in [0.15, 0.2) is 11.5 Å². The van der Waals surface area contributed by atoms with Crippen LogP contribution in [0, 0.1) is 0 Å². The predicted molar refractivity (Wildman–Crippen MR) is 98.6 cm³/mol. The minimum atomic E-state index is -0.168. The standard InChI is InChI=1S/C19H25N3O3/c1-13(2)22-19(23)16-12-15(8-10-21-16)20-9-7-14-5-6-17(24-3)18(11-14)25-4/h5-6,8,10-13H,7,9H2,1-4H3,(H,20,21)(H,22,23). The summed E-state index contributed by atoms with van der Waals surface area (Å²) in [4.78, 5) is 16.1. The maximum atomic E-state index is 12.0. The molecule has 1 heterocycles. The lowest BCUT2D eigenvalue weighted by Crippen LogP contribution is -2.30. The number of ether oxygens (including phenoxy) is 2. The lowest BCUT2D eigenvalue weighted by Gasteiger charge is -2.11. The molecule has 0 atom stereocenters. The average molecular weight is 343 g/mol. The van der Waals surface area contributed by atoms with Crippen LogP contribution >= 0.6 is 0 Å². The summed E-state index contributed by atoms with van der Waals surface area (Å²) >= 11 is 0. The third-order valence-corrected chi connectivity index (χ3v) is 3.60. The first kappa shape index (κ1) is 18.6. The quantitative estimate of drug-likeness (QED) is 0.771. The summed E-state index contributed by atoms with van der Waals surface area (Å²) in [6.07, 6.45) is 2.45. The number of carbonyl (C=O) groups is 1. The third-order valence-electron chi connectivity index (χ3n) is 3.60. The van der Waals surface area contributed by atoms with Gasteiger partial charge < -0.3 is 20.1 Å². The van der Waals surface area contributed by atoms with E-state index in [0.29, 0.717) is 11.4 Å². The second-order valence-electron chi connectivity index (χ2n) is 5.92. The molecule has 6 heteroatoms. The molecule has 1 aromatic heterocycles. The van der Waals surface area contributed by atoms with E-state index in [2.05, 4.69) is 15.6 Å². The van der Waals surface area contributed by atoms with Gasteiger partial charge in [0.2, 0.25) is 0 Å². The maximum absolute atomic E-state index is 12.0. The Morgan fingerprint density at radius 2 is 1.88 bits per heavy atom. The van der Waals surface area contributed by atoms with Gasteiger partial charge in [-0.2, -0.15) is 0 Å². The second kappa shape index (κ2) is 8.92. The maximum Gasteiger partial charge on any atom is 0.270 e. The minimum Gasteiger partial charge on any atom is -0.493 e. The summed E-state index contributed by atoms with van der Waals surface area (Å²) in [5, 5.41) is 6.15. The molecule has 25 heavy (non-hydrogen) atoms. The monoisotopic (exact) mass is 343 g/mol. The fraction of sp³-hybridized carbons (Fsp3) is 0.368. The van der Waals surface area contributed by atoms with E-state index in [1.165, 1.54) is 0 Å². The van der Waals surface area contributed by atoms with Crippen LogP contribution in [0.2, 0.25) is 0 Å². The van der Waals surface area contributed by atoms with Crippen molar-refractivity contribution in [1.29, 1.82) is 0 Å². The Morgan fingerprint density at radius 1 is 1.12 bits per heavy atom. The van der Waals surface area contributed by atoms with Gasteiger partial charge in [-0.1, -0.05) is 6.07 Å². The number of anilines is 1. The molecule has 2 rings (SSSR count). The number of amides is 1. The lowest BCUT2D eigenvalue weighted by atomic mass is 10.1. The summed E-state index contributed by atoms with van der Waals surface area (Å²) in [6, 6.07) is 9.56. The molecule has 1 amide bonds. The van der Waals surface area contributed by atoms with E-state index in [1.807, 2.05) is 38.1 Å². The van der Waals surface area contributed by atoms with Crippen LogP contribution in [0.4, 0.5) is 5.69 Å². The fourth-order valence-electron chi connectivity index (χ4n) is 2.39. The highest BCUT2D eigenvalue weighted by Crippen LogP contribution is 2.27. The Labute approximate surface area is 148 Å². The van der Waals surface area contributed by atoms with E-state index in [-0.39, 0.29) is 11.9 Å². The zero-order valence-corrected chi connectivity index (χ0v) is 15.1. The number of hydrogen-bond acceptors (Lipinski definition) is 5. The Balaban J connectivity index is 1.95. The number of nitrogens with one attached hydrogen (secondary N) is 2. The van der Waals surface area contributed by atoms with Gasteiger partial charge in [0.25, 0.3) is 5.91 Å². The van der Waals surface area contributed by atoms with Crippen molar-refractivity contribution in [1.82, 2.24) is 10.3 Å². The molecule has 0 aliphatic rings. The number of rotatable bonds is 8. The summed E-state index contributed by atoms with van der Waals surface area (Å²) in [6.45, 7) is 4.57. The summed E-state index contributed by atoms with van der Waals surface area (Å²) in [5.41, 5.74) is 2.41. The summed E-state index contributed by atoms with van der Waals surface area (Å²) in [5.74, 6) is 1.27.